The predicted molar refractivity (Wildman–Crippen MR) is 117 cm³/mol. The molecule has 1 aliphatic rings. The number of hydrogen-bond acceptors (Lipinski definition) is 7. The van der Waals surface area contributed by atoms with Crippen molar-refractivity contribution >= 4 is 17.7 Å². The Balaban J connectivity index is 1.68. The van der Waals surface area contributed by atoms with Gasteiger partial charge in [0.1, 0.15) is 5.60 Å². The smallest absolute Gasteiger partial charge is 0.408 e. The molecule has 2 heterocycles. The Hall–Kier alpha value is -3.69. The summed E-state index contributed by atoms with van der Waals surface area (Å²) in [4.78, 5) is 55.1. The van der Waals surface area contributed by atoms with E-state index in [0.717, 1.165) is 6.07 Å². The lowest BCUT2D eigenvalue weighted by Gasteiger charge is -2.21. The average Bonchev–Trinajstić information content (AvgIpc) is 3.18. The molecule has 2 aromatic rings. The van der Waals surface area contributed by atoms with Crippen molar-refractivity contribution in [1.29, 1.82) is 0 Å². The zero-order valence-electron chi connectivity index (χ0n) is 18.4. The van der Waals surface area contributed by atoms with Crippen LogP contribution in [0.15, 0.2) is 57.3 Å². The molecule has 0 fully saturated rings. The molecule has 32 heavy (non-hydrogen) atoms. The lowest BCUT2D eigenvalue weighted by molar-refractivity contribution is 0.0520. The molecule has 1 N–H and O–H groups in total. The summed E-state index contributed by atoms with van der Waals surface area (Å²) in [6, 6.07) is 8.83. The average molecular weight is 442 g/mol. The van der Waals surface area contributed by atoms with E-state index in [1.54, 1.807) is 45.9 Å². The van der Waals surface area contributed by atoms with E-state index in [4.69, 9.17) is 9.57 Å². The van der Waals surface area contributed by atoms with Crippen LogP contribution >= 0.6 is 0 Å². The molecular formula is C22H26N4O6. The third-order valence-corrected chi connectivity index (χ3v) is 4.67. The molecule has 3 rings (SSSR count). The molecule has 2 atom stereocenters. The molecule has 170 valence electrons. The van der Waals surface area contributed by atoms with E-state index < -0.39 is 41.0 Å². The van der Waals surface area contributed by atoms with E-state index >= 15 is 0 Å². The fourth-order valence-corrected chi connectivity index (χ4v) is 3.14. The number of oxime groups is 1. The van der Waals surface area contributed by atoms with Crippen molar-refractivity contribution in [3.05, 3.63) is 69.0 Å². The Morgan fingerprint density at radius 3 is 2.56 bits per heavy atom. The zero-order valence-corrected chi connectivity index (χ0v) is 18.4. The number of aromatic nitrogens is 2. The first-order valence-corrected chi connectivity index (χ1v) is 10.2. The molecule has 1 aromatic heterocycles. The summed E-state index contributed by atoms with van der Waals surface area (Å²) in [6.07, 6.45) is 0.612. The molecule has 1 aromatic carbocycles. The maximum Gasteiger partial charge on any atom is 0.408 e. The molecule has 0 radical (unpaired) electrons. The molecule has 0 saturated carbocycles. The van der Waals surface area contributed by atoms with Gasteiger partial charge < -0.3 is 14.9 Å². The summed E-state index contributed by atoms with van der Waals surface area (Å²) >= 11 is 0. The standard InChI is InChI=1S/C22H26N4O6/c1-14(23-20(29)31-22(2,3)4)17-12-16(32-24-17)13-25-11-10-18(27)26(21(25)30)19(28)15-8-6-5-7-9-15/h5-11,14,16H,12-13H2,1-4H3,(H,23,29)/t14-,16?/m0/s1. The second-order valence-electron chi connectivity index (χ2n) is 8.48. The van der Waals surface area contributed by atoms with E-state index in [2.05, 4.69) is 10.5 Å². The van der Waals surface area contributed by atoms with Crippen LogP contribution in [0.5, 0.6) is 0 Å². The van der Waals surface area contributed by atoms with Crippen LogP contribution in [-0.2, 0) is 16.1 Å². The summed E-state index contributed by atoms with van der Waals surface area (Å²) in [7, 11) is 0. The minimum absolute atomic E-state index is 0.0767. The first kappa shape index (κ1) is 23.0. The van der Waals surface area contributed by atoms with Crippen LogP contribution in [0, 0.1) is 0 Å². The van der Waals surface area contributed by atoms with E-state index in [-0.39, 0.29) is 12.1 Å². The second kappa shape index (κ2) is 9.21. The van der Waals surface area contributed by atoms with E-state index in [1.807, 2.05) is 0 Å². The van der Waals surface area contributed by atoms with Gasteiger partial charge in [0.15, 0.2) is 6.10 Å². The minimum Gasteiger partial charge on any atom is -0.444 e. The SMILES string of the molecule is C[C@H](NC(=O)OC(C)(C)C)C1=NOC(Cn2ccc(=O)n(C(=O)c3ccccc3)c2=O)C1. The quantitative estimate of drug-likeness (QED) is 0.753. The summed E-state index contributed by atoms with van der Waals surface area (Å²) < 4.78 is 7.06. The van der Waals surface area contributed by atoms with Gasteiger partial charge in [-0.05, 0) is 39.8 Å². The highest BCUT2D eigenvalue weighted by molar-refractivity contribution is 5.95. The van der Waals surface area contributed by atoms with Gasteiger partial charge in [0.25, 0.3) is 11.5 Å². The van der Waals surface area contributed by atoms with Crippen molar-refractivity contribution in [2.24, 2.45) is 5.16 Å². The summed E-state index contributed by atoms with van der Waals surface area (Å²) in [5.74, 6) is -0.700. The Kier molecular flexibility index (Phi) is 6.61. The number of nitrogens with zero attached hydrogens (tertiary/aromatic N) is 3. The highest BCUT2D eigenvalue weighted by Crippen LogP contribution is 2.15. The van der Waals surface area contributed by atoms with Gasteiger partial charge in [0.05, 0.1) is 18.3 Å². The van der Waals surface area contributed by atoms with Crippen LogP contribution in [0.3, 0.4) is 0 Å². The van der Waals surface area contributed by atoms with Gasteiger partial charge in [-0.25, -0.2) is 9.59 Å². The summed E-state index contributed by atoms with van der Waals surface area (Å²) in [5.41, 5.74) is -1.28. The van der Waals surface area contributed by atoms with Crippen molar-refractivity contribution in [3.63, 3.8) is 0 Å². The fourth-order valence-electron chi connectivity index (χ4n) is 3.14. The van der Waals surface area contributed by atoms with Crippen LogP contribution in [0.1, 0.15) is 44.5 Å². The van der Waals surface area contributed by atoms with E-state index in [9.17, 15) is 19.2 Å². The van der Waals surface area contributed by atoms with Gasteiger partial charge in [-0.15, -0.1) is 0 Å². The fraction of sp³-hybridized carbons (Fsp3) is 0.409. The van der Waals surface area contributed by atoms with Crippen LogP contribution in [0.2, 0.25) is 0 Å². The lowest BCUT2D eigenvalue weighted by atomic mass is 10.1. The highest BCUT2D eigenvalue weighted by Gasteiger charge is 2.28. The van der Waals surface area contributed by atoms with Gasteiger partial charge in [0, 0.05) is 24.2 Å². The number of benzene rings is 1. The molecule has 0 spiro atoms. The van der Waals surface area contributed by atoms with Gasteiger partial charge in [-0.3, -0.25) is 14.2 Å². The molecule has 10 nitrogen and oxygen atoms in total. The molecule has 1 aliphatic heterocycles. The van der Waals surface area contributed by atoms with Gasteiger partial charge >= 0.3 is 11.8 Å². The molecule has 1 amide bonds. The van der Waals surface area contributed by atoms with Crippen molar-refractivity contribution in [2.45, 2.75) is 58.4 Å². The molecule has 0 bridgehead atoms. The number of hydrogen-bond donors (Lipinski definition) is 1. The lowest BCUT2D eigenvalue weighted by Crippen LogP contribution is -2.44. The molecule has 1 unspecified atom stereocenters. The third-order valence-electron chi connectivity index (χ3n) is 4.67. The van der Waals surface area contributed by atoms with Crippen molar-refractivity contribution in [1.82, 2.24) is 14.5 Å². The second-order valence-corrected chi connectivity index (χ2v) is 8.48. The van der Waals surface area contributed by atoms with Gasteiger partial charge in [-0.1, -0.05) is 23.4 Å². The summed E-state index contributed by atoms with van der Waals surface area (Å²) in [6.45, 7) is 7.13. The van der Waals surface area contributed by atoms with E-state index in [0.29, 0.717) is 16.7 Å². The van der Waals surface area contributed by atoms with Crippen LogP contribution < -0.4 is 16.6 Å². The number of nitrogens with one attached hydrogen (secondary N) is 1. The molecule has 10 heteroatoms. The maximum absolute atomic E-state index is 12.8. The molecular weight excluding hydrogens is 416 g/mol. The first-order valence-electron chi connectivity index (χ1n) is 10.2. The van der Waals surface area contributed by atoms with E-state index in [1.165, 1.54) is 22.9 Å². The minimum atomic E-state index is -0.761. The van der Waals surface area contributed by atoms with Crippen LogP contribution in [-0.4, -0.2) is 44.6 Å². The van der Waals surface area contributed by atoms with Crippen molar-refractivity contribution in [3.8, 4) is 0 Å². The van der Waals surface area contributed by atoms with Crippen molar-refractivity contribution in [2.75, 3.05) is 0 Å². The Morgan fingerprint density at radius 1 is 1.22 bits per heavy atom. The Labute approximate surface area is 184 Å². The normalized spacial score (nSPS) is 16.6. The highest BCUT2D eigenvalue weighted by atomic mass is 16.6. The zero-order chi connectivity index (χ0) is 23.5. The monoisotopic (exact) mass is 442 g/mol. The van der Waals surface area contributed by atoms with Crippen molar-refractivity contribution < 1.29 is 19.2 Å². The molecule has 0 saturated heterocycles. The largest absolute Gasteiger partial charge is 0.444 e. The number of ether oxygens (including phenoxy) is 1. The van der Waals surface area contributed by atoms with Crippen LogP contribution in [0.4, 0.5) is 4.79 Å². The predicted octanol–water partition coefficient (Wildman–Crippen LogP) is 1.76. The third kappa shape index (κ3) is 5.51. The number of carbonyl (C=O) groups is 2. The van der Waals surface area contributed by atoms with Crippen LogP contribution in [0.25, 0.3) is 0 Å². The Bertz CT molecular complexity index is 1140. The van der Waals surface area contributed by atoms with Gasteiger partial charge in [0.2, 0.25) is 0 Å². The number of carbonyl (C=O) groups excluding carboxylic acids is 2. The van der Waals surface area contributed by atoms with Gasteiger partial charge in [-0.2, -0.15) is 4.57 Å². The number of alkyl carbamates (subject to hydrolysis) is 1. The first-order chi connectivity index (χ1) is 15.0. The number of rotatable bonds is 5. The topological polar surface area (TPSA) is 121 Å². The Morgan fingerprint density at radius 2 is 1.91 bits per heavy atom. The molecule has 0 aliphatic carbocycles. The summed E-state index contributed by atoms with van der Waals surface area (Å²) in [5, 5.41) is 6.70. The maximum atomic E-state index is 12.8. The number of amides is 1.